The number of methoxy groups -OCH3 is 1. The number of hydrogen-bond acceptors (Lipinski definition) is 9. The fourth-order valence-electron chi connectivity index (χ4n) is 5.20. The molecule has 5 rings (SSSR count). The van der Waals surface area contributed by atoms with Crippen LogP contribution in [0.25, 0.3) is 0 Å². The SMILES string of the molecule is CO[C@@]1(/N=C/c2cc(C)c(O)c(C)c2)C(=O)N2C(C(=O)OC(c3ccccc3)c3ccccc3)=C(COC(C)=O)CS[C@@H]21. The zero-order valence-electron chi connectivity index (χ0n) is 24.3. The van der Waals surface area contributed by atoms with Gasteiger partial charge in [-0.3, -0.25) is 14.5 Å². The van der Waals surface area contributed by atoms with Crippen molar-refractivity contribution in [3.8, 4) is 5.75 Å². The number of ether oxygens (including phenoxy) is 3. The average Bonchev–Trinajstić information content (AvgIpc) is 3.02. The van der Waals surface area contributed by atoms with Gasteiger partial charge in [0.1, 0.15) is 23.4 Å². The van der Waals surface area contributed by atoms with Gasteiger partial charge in [0.05, 0.1) is 0 Å². The number of aryl methyl sites for hydroxylation is 2. The maximum atomic E-state index is 14.0. The third-order valence-electron chi connectivity index (χ3n) is 7.39. The van der Waals surface area contributed by atoms with Gasteiger partial charge in [0.15, 0.2) is 6.10 Å². The molecule has 222 valence electrons. The van der Waals surface area contributed by atoms with Crippen molar-refractivity contribution in [3.05, 3.63) is 112 Å². The second-order valence-electron chi connectivity index (χ2n) is 10.3. The van der Waals surface area contributed by atoms with Crippen LogP contribution in [0.3, 0.4) is 0 Å². The molecular weight excluding hydrogens is 568 g/mol. The Morgan fingerprint density at radius 1 is 1.07 bits per heavy atom. The summed E-state index contributed by atoms with van der Waals surface area (Å²) in [6.07, 6.45) is 0.795. The molecule has 1 amide bonds. The summed E-state index contributed by atoms with van der Waals surface area (Å²) in [5, 5.41) is 9.47. The summed E-state index contributed by atoms with van der Waals surface area (Å²) in [5.41, 5.74) is 2.45. The van der Waals surface area contributed by atoms with Crippen molar-refractivity contribution in [2.75, 3.05) is 19.5 Å². The molecule has 10 heteroatoms. The van der Waals surface area contributed by atoms with E-state index in [1.54, 1.807) is 26.0 Å². The van der Waals surface area contributed by atoms with Gasteiger partial charge in [-0.05, 0) is 53.8 Å². The highest BCUT2D eigenvalue weighted by molar-refractivity contribution is 8.00. The molecule has 3 aromatic carbocycles. The fraction of sp³-hybridized carbons (Fsp3) is 0.273. The topological polar surface area (TPSA) is 115 Å². The Labute approximate surface area is 254 Å². The number of esters is 2. The first kappa shape index (κ1) is 30.1. The zero-order chi connectivity index (χ0) is 30.7. The van der Waals surface area contributed by atoms with Crippen LogP contribution >= 0.6 is 11.8 Å². The maximum absolute atomic E-state index is 14.0. The fourth-order valence-corrected chi connectivity index (χ4v) is 6.61. The highest BCUT2D eigenvalue weighted by Crippen LogP contribution is 2.49. The zero-order valence-corrected chi connectivity index (χ0v) is 25.1. The van der Waals surface area contributed by atoms with Gasteiger partial charge in [-0.1, -0.05) is 60.7 Å². The van der Waals surface area contributed by atoms with Crippen molar-refractivity contribution in [3.63, 3.8) is 0 Å². The number of phenols is 1. The number of nitrogens with zero attached hydrogens (tertiary/aromatic N) is 2. The van der Waals surface area contributed by atoms with E-state index in [1.165, 1.54) is 36.9 Å². The first-order valence-corrected chi connectivity index (χ1v) is 14.7. The predicted molar refractivity (Wildman–Crippen MR) is 162 cm³/mol. The Kier molecular flexibility index (Phi) is 8.70. The summed E-state index contributed by atoms with van der Waals surface area (Å²) in [6, 6.07) is 22.2. The molecule has 2 aliphatic rings. The number of benzene rings is 3. The van der Waals surface area contributed by atoms with E-state index in [1.807, 2.05) is 60.7 Å². The van der Waals surface area contributed by atoms with Crippen LogP contribution in [0.5, 0.6) is 5.75 Å². The minimum absolute atomic E-state index is 0.0195. The largest absolute Gasteiger partial charge is 0.507 e. The van der Waals surface area contributed by atoms with Gasteiger partial charge in [-0.2, -0.15) is 0 Å². The minimum atomic E-state index is -1.58. The van der Waals surface area contributed by atoms with Crippen LogP contribution in [0.15, 0.2) is 89.1 Å². The summed E-state index contributed by atoms with van der Waals surface area (Å²) in [4.78, 5) is 45.4. The lowest BCUT2D eigenvalue weighted by atomic mass is 9.98. The second kappa shape index (κ2) is 12.4. The van der Waals surface area contributed by atoms with Crippen LogP contribution in [0, 0.1) is 13.8 Å². The molecular formula is C33H32N2O7S. The van der Waals surface area contributed by atoms with E-state index < -0.39 is 35.0 Å². The smallest absolute Gasteiger partial charge is 0.356 e. The normalized spacial score (nSPS) is 19.8. The summed E-state index contributed by atoms with van der Waals surface area (Å²) < 4.78 is 17.1. The number of aromatic hydroxyl groups is 1. The van der Waals surface area contributed by atoms with Crippen molar-refractivity contribution in [2.24, 2.45) is 4.99 Å². The van der Waals surface area contributed by atoms with Crippen LogP contribution in [0.1, 0.15) is 40.8 Å². The number of amides is 1. The van der Waals surface area contributed by atoms with Crippen LogP contribution in [-0.2, 0) is 28.6 Å². The van der Waals surface area contributed by atoms with Gasteiger partial charge < -0.3 is 19.3 Å². The van der Waals surface area contributed by atoms with Crippen molar-refractivity contribution in [1.29, 1.82) is 0 Å². The number of phenolic OH excluding ortho intramolecular Hbond substituents is 1. The highest BCUT2D eigenvalue weighted by Gasteiger charge is 2.66. The second-order valence-corrected chi connectivity index (χ2v) is 11.4. The predicted octanol–water partition coefficient (Wildman–Crippen LogP) is 4.84. The molecule has 0 aromatic heterocycles. The third kappa shape index (κ3) is 5.80. The van der Waals surface area contributed by atoms with E-state index in [0.717, 1.165) is 11.1 Å². The van der Waals surface area contributed by atoms with Gasteiger partial charge in [0, 0.05) is 31.6 Å². The lowest BCUT2D eigenvalue weighted by Gasteiger charge is -2.54. The number of carbonyl (C=O) groups is 3. The summed E-state index contributed by atoms with van der Waals surface area (Å²) in [7, 11) is 1.40. The number of thioether (sulfide) groups is 1. The molecule has 0 aliphatic carbocycles. The van der Waals surface area contributed by atoms with E-state index in [0.29, 0.717) is 22.3 Å². The lowest BCUT2D eigenvalue weighted by molar-refractivity contribution is -0.183. The van der Waals surface area contributed by atoms with E-state index in [2.05, 4.69) is 4.99 Å². The molecule has 0 unspecified atom stereocenters. The quantitative estimate of drug-likeness (QED) is 0.211. The van der Waals surface area contributed by atoms with Gasteiger partial charge in [0.25, 0.3) is 11.6 Å². The summed E-state index contributed by atoms with van der Waals surface area (Å²) >= 11 is 1.35. The molecule has 2 aliphatic heterocycles. The summed E-state index contributed by atoms with van der Waals surface area (Å²) in [5.74, 6) is -1.30. The molecule has 1 fully saturated rings. The molecule has 0 saturated carbocycles. The van der Waals surface area contributed by atoms with Crippen LogP contribution in [0.2, 0.25) is 0 Å². The standard InChI is InChI=1S/C33H32N2O7S/c1-20-15-23(16-21(2)28(20)37)17-34-33(40-4)31(39)35-27(26(18-41-22(3)36)19-43-32(33)35)30(38)42-29(24-11-7-5-8-12-24)25-13-9-6-10-14-25/h5-17,29,32,37H,18-19H2,1-4H3/b34-17+/t32-,33+/m1/s1. The summed E-state index contributed by atoms with van der Waals surface area (Å²) in [6.45, 7) is 4.68. The van der Waals surface area contributed by atoms with E-state index >= 15 is 0 Å². The molecule has 1 saturated heterocycles. The first-order valence-electron chi connectivity index (χ1n) is 13.7. The van der Waals surface area contributed by atoms with Gasteiger partial charge in [-0.15, -0.1) is 11.8 Å². The number of fused-ring (bicyclic) bond motifs is 1. The number of aliphatic imine (C=N–C) groups is 1. The van der Waals surface area contributed by atoms with Crippen molar-refractivity contribution >= 4 is 35.8 Å². The van der Waals surface area contributed by atoms with Gasteiger partial charge >= 0.3 is 11.9 Å². The Bertz CT molecular complexity index is 1540. The number of rotatable bonds is 9. The molecule has 0 spiro atoms. The minimum Gasteiger partial charge on any atom is -0.507 e. The molecule has 0 radical (unpaired) electrons. The number of hydrogen-bond donors (Lipinski definition) is 1. The van der Waals surface area contributed by atoms with Crippen molar-refractivity contribution in [1.82, 2.24) is 4.90 Å². The average molecular weight is 601 g/mol. The van der Waals surface area contributed by atoms with E-state index in [4.69, 9.17) is 14.2 Å². The van der Waals surface area contributed by atoms with Gasteiger partial charge in [-0.25, -0.2) is 9.79 Å². The monoisotopic (exact) mass is 600 g/mol. The highest BCUT2D eigenvalue weighted by atomic mass is 32.2. The van der Waals surface area contributed by atoms with Crippen molar-refractivity contribution in [2.45, 2.75) is 38.0 Å². The molecule has 43 heavy (non-hydrogen) atoms. The lowest BCUT2D eigenvalue weighted by Crippen LogP contribution is -2.73. The molecule has 2 atom stereocenters. The van der Waals surface area contributed by atoms with Crippen LogP contribution in [0.4, 0.5) is 0 Å². The number of β-lactam (4-membered cyclic amide) rings is 1. The Balaban J connectivity index is 1.49. The maximum Gasteiger partial charge on any atom is 0.356 e. The molecule has 1 N–H and O–H groups in total. The molecule has 3 aromatic rings. The Morgan fingerprint density at radius 3 is 2.19 bits per heavy atom. The van der Waals surface area contributed by atoms with E-state index in [9.17, 15) is 19.5 Å². The van der Waals surface area contributed by atoms with Crippen molar-refractivity contribution < 1.29 is 33.7 Å². The van der Waals surface area contributed by atoms with Gasteiger partial charge in [0.2, 0.25) is 0 Å². The van der Waals surface area contributed by atoms with Crippen LogP contribution < -0.4 is 0 Å². The number of carbonyl (C=O) groups excluding carboxylic acids is 3. The third-order valence-corrected chi connectivity index (χ3v) is 8.75. The molecule has 2 heterocycles. The molecule has 9 nitrogen and oxygen atoms in total. The first-order chi connectivity index (χ1) is 20.7. The molecule has 0 bridgehead atoms. The Hall–Kier alpha value is -4.41. The van der Waals surface area contributed by atoms with E-state index in [-0.39, 0.29) is 23.8 Å². The Morgan fingerprint density at radius 2 is 1.65 bits per heavy atom. The van der Waals surface area contributed by atoms with Crippen LogP contribution in [-0.4, -0.2) is 64.6 Å².